The Balaban J connectivity index is 1.67. The molecule has 3 rings (SSSR count). The lowest BCUT2D eigenvalue weighted by atomic mass is 10.1. The number of pyridine rings is 1. The van der Waals surface area contributed by atoms with E-state index in [1.54, 1.807) is 19.3 Å². The molecule has 2 aromatic heterocycles. The van der Waals surface area contributed by atoms with Crippen molar-refractivity contribution in [3.63, 3.8) is 0 Å². The van der Waals surface area contributed by atoms with Gasteiger partial charge in [-0.25, -0.2) is 4.98 Å². The summed E-state index contributed by atoms with van der Waals surface area (Å²) in [6.45, 7) is 7.92. The number of carbonyl (C=O) groups is 1. The van der Waals surface area contributed by atoms with Gasteiger partial charge in [0.2, 0.25) is 11.8 Å². The molecule has 0 bridgehead atoms. The molecule has 0 aromatic carbocycles. The lowest BCUT2D eigenvalue weighted by Crippen LogP contribution is -2.40. The van der Waals surface area contributed by atoms with E-state index in [4.69, 9.17) is 4.42 Å². The summed E-state index contributed by atoms with van der Waals surface area (Å²) in [6, 6.07) is 4.55. The first-order valence-electron chi connectivity index (χ1n) is 8.37. The second-order valence-corrected chi connectivity index (χ2v) is 6.41. The minimum absolute atomic E-state index is 0.0618. The predicted octanol–water partition coefficient (Wildman–Crippen LogP) is 2.56. The van der Waals surface area contributed by atoms with Crippen LogP contribution in [-0.2, 0) is 11.3 Å². The van der Waals surface area contributed by atoms with Crippen LogP contribution in [0.5, 0.6) is 0 Å². The molecular formula is C18H24N4O2. The van der Waals surface area contributed by atoms with Crippen molar-refractivity contribution < 1.29 is 9.21 Å². The van der Waals surface area contributed by atoms with Crippen LogP contribution in [0.2, 0.25) is 0 Å². The fourth-order valence-electron chi connectivity index (χ4n) is 3.33. The van der Waals surface area contributed by atoms with Crippen LogP contribution in [-0.4, -0.2) is 44.8 Å². The topological polar surface area (TPSA) is 62.5 Å². The smallest absolute Gasteiger partial charge is 0.220 e. The number of carbonyl (C=O) groups excluding carboxylic acids is 1. The Hall–Kier alpha value is -2.21. The van der Waals surface area contributed by atoms with Crippen molar-refractivity contribution in [1.82, 2.24) is 19.8 Å². The van der Waals surface area contributed by atoms with Crippen LogP contribution >= 0.6 is 0 Å². The zero-order valence-electron chi connectivity index (χ0n) is 14.5. The standard InChI is InChI=1S/C18H24N4O2/c1-13-9-20-18(24-13)12-22(15(3)23)17-6-8-21(11-17)14(2)16-5-4-7-19-10-16/h4-5,7,9-10,14,17H,6,8,11-12H2,1-3H3/t14-,17-/m1/s1. The highest BCUT2D eigenvalue weighted by Gasteiger charge is 2.32. The van der Waals surface area contributed by atoms with Crippen molar-refractivity contribution >= 4 is 5.91 Å². The third kappa shape index (κ3) is 3.64. The van der Waals surface area contributed by atoms with Gasteiger partial charge in [0.05, 0.1) is 12.7 Å². The highest BCUT2D eigenvalue weighted by atomic mass is 16.4. The van der Waals surface area contributed by atoms with Crippen LogP contribution in [0.1, 0.15) is 43.5 Å². The quantitative estimate of drug-likeness (QED) is 0.844. The monoisotopic (exact) mass is 328 g/mol. The van der Waals surface area contributed by atoms with Gasteiger partial charge in [-0.05, 0) is 31.9 Å². The van der Waals surface area contributed by atoms with Crippen LogP contribution in [0.25, 0.3) is 0 Å². The molecule has 1 saturated heterocycles. The first-order chi connectivity index (χ1) is 11.5. The Morgan fingerprint density at radius 1 is 1.50 bits per heavy atom. The highest BCUT2D eigenvalue weighted by molar-refractivity contribution is 5.73. The second kappa shape index (κ2) is 7.13. The Morgan fingerprint density at radius 2 is 2.33 bits per heavy atom. The summed E-state index contributed by atoms with van der Waals surface area (Å²) in [7, 11) is 0. The SMILES string of the molecule is CC(=O)N(Cc1ncc(C)o1)[C@@H]1CCN([C@H](C)c2cccnc2)C1. The van der Waals surface area contributed by atoms with Crippen LogP contribution in [0, 0.1) is 6.92 Å². The molecule has 0 unspecified atom stereocenters. The van der Waals surface area contributed by atoms with Gasteiger partial charge in [-0.1, -0.05) is 6.07 Å². The summed E-state index contributed by atoms with van der Waals surface area (Å²) in [4.78, 5) is 24.8. The first kappa shape index (κ1) is 16.6. The van der Waals surface area contributed by atoms with Crippen molar-refractivity contribution in [2.24, 2.45) is 0 Å². The molecule has 2 aromatic rings. The van der Waals surface area contributed by atoms with E-state index >= 15 is 0 Å². The molecule has 24 heavy (non-hydrogen) atoms. The fourth-order valence-corrected chi connectivity index (χ4v) is 3.33. The second-order valence-electron chi connectivity index (χ2n) is 6.41. The number of hydrogen-bond acceptors (Lipinski definition) is 5. The lowest BCUT2D eigenvalue weighted by molar-refractivity contribution is -0.132. The van der Waals surface area contributed by atoms with Gasteiger partial charge >= 0.3 is 0 Å². The van der Waals surface area contributed by atoms with Gasteiger partial charge in [0, 0.05) is 44.5 Å². The van der Waals surface area contributed by atoms with Gasteiger partial charge in [0.25, 0.3) is 0 Å². The maximum Gasteiger partial charge on any atom is 0.220 e. The maximum absolute atomic E-state index is 12.1. The van der Waals surface area contributed by atoms with Gasteiger partial charge in [0.15, 0.2) is 0 Å². The van der Waals surface area contributed by atoms with Crippen molar-refractivity contribution in [3.8, 4) is 0 Å². The van der Waals surface area contributed by atoms with E-state index < -0.39 is 0 Å². The minimum Gasteiger partial charge on any atom is -0.444 e. The van der Waals surface area contributed by atoms with Crippen LogP contribution in [0.3, 0.4) is 0 Å². The summed E-state index contributed by atoms with van der Waals surface area (Å²) in [5.41, 5.74) is 1.20. The van der Waals surface area contributed by atoms with Gasteiger partial charge in [-0.15, -0.1) is 0 Å². The summed E-state index contributed by atoms with van der Waals surface area (Å²) in [6.07, 6.45) is 6.36. The number of aromatic nitrogens is 2. The molecule has 6 nitrogen and oxygen atoms in total. The minimum atomic E-state index is 0.0618. The Labute approximate surface area is 142 Å². The van der Waals surface area contributed by atoms with E-state index in [0.29, 0.717) is 18.5 Å². The third-order valence-electron chi connectivity index (χ3n) is 4.73. The number of nitrogens with zero attached hydrogens (tertiary/aromatic N) is 4. The number of rotatable bonds is 5. The Kier molecular flexibility index (Phi) is 4.94. The summed E-state index contributed by atoms with van der Waals surface area (Å²) < 4.78 is 5.54. The van der Waals surface area contributed by atoms with Crippen LogP contribution < -0.4 is 0 Å². The average molecular weight is 328 g/mol. The van der Waals surface area contributed by atoms with Gasteiger partial charge in [-0.2, -0.15) is 0 Å². The lowest BCUT2D eigenvalue weighted by Gasteiger charge is -2.29. The first-order valence-corrected chi connectivity index (χ1v) is 8.37. The maximum atomic E-state index is 12.1. The normalized spacial score (nSPS) is 19.4. The zero-order valence-corrected chi connectivity index (χ0v) is 14.5. The van der Waals surface area contributed by atoms with E-state index in [2.05, 4.69) is 27.9 Å². The van der Waals surface area contributed by atoms with Gasteiger partial charge in [0.1, 0.15) is 5.76 Å². The van der Waals surface area contributed by atoms with Crippen LogP contribution in [0.4, 0.5) is 0 Å². The number of oxazole rings is 1. The van der Waals surface area contributed by atoms with Crippen LogP contribution in [0.15, 0.2) is 35.1 Å². The van der Waals surface area contributed by atoms with Crippen molar-refractivity contribution in [3.05, 3.63) is 47.9 Å². The highest BCUT2D eigenvalue weighted by Crippen LogP contribution is 2.27. The zero-order chi connectivity index (χ0) is 17.1. The predicted molar refractivity (Wildman–Crippen MR) is 90.1 cm³/mol. The molecule has 0 N–H and O–H groups in total. The number of amides is 1. The molecule has 6 heteroatoms. The molecule has 1 amide bonds. The van der Waals surface area contributed by atoms with E-state index in [-0.39, 0.29) is 11.9 Å². The van der Waals surface area contributed by atoms with Gasteiger partial charge in [-0.3, -0.25) is 14.7 Å². The summed E-state index contributed by atoms with van der Waals surface area (Å²) in [5, 5.41) is 0. The van der Waals surface area contributed by atoms with E-state index in [9.17, 15) is 4.79 Å². The molecule has 1 aliphatic heterocycles. The molecule has 2 atom stereocenters. The summed E-state index contributed by atoms with van der Waals surface area (Å²) in [5.74, 6) is 1.43. The molecule has 1 aliphatic rings. The Bertz CT molecular complexity index is 685. The molecule has 0 spiro atoms. The van der Waals surface area contributed by atoms with E-state index in [0.717, 1.165) is 25.3 Å². The molecule has 128 valence electrons. The van der Waals surface area contributed by atoms with Gasteiger partial charge < -0.3 is 9.32 Å². The fraction of sp³-hybridized carbons (Fsp3) is 0.500. The molecule has 1 fully saturated rings. The van der Waals surface area contributed by atoms with E-state index in [1.807, 2.05) is 24.1 Å². The third-order valence-corrected chi connectivity index (χ3v) is 4.73. The van der Waals surface area contributed by atoms with Crippen molar-refractivity contribution in [2.75, 3.05) is 13.1 Å². The molecule has 3 heterocycles. The Morgan fingerprint density at radius 3 is 2.96 bits per heavy atom. The average Bonchev–Trinajstić information content (AvgIpc) is 3.21. The molecule has 0 aliphatic carbocycles. The molecular weight excluding hydrogens is 304 g/mol. The van der Waals surface area contributed by atoms with Crippen molar-refractivity contribution in [2.45, 2.75) is 45.8 Å². The largest absolute Gasteiger partial charge is 0.444 e. The summed E-state index contributed by atoms with van der Waals surface area (Å²) >= 11 is 0. The molecule has 0 saturated carbocycles. The van der Waals surface area contributed by atoms with E-state index in [1.165, 1.54) is 5.56 Å². The number of likely N-dealkylation sites (tertiary alicyclic amines) is 1. The molecule has 0 radical (unpaired) electrons. The number of hydrogen-bond donors (Lipinski definition) is 0. The van der Waals surface area contributed by atoms with Crippen molar-refractivity contribution in [1.29, 1.82) is 0 Å². The number of aryl methyl sites for hydroxylation is 1.